The minimum Gasteiger partial charge on any atom is -0.283 e. The van der Waals surface area contributed by atoms with Crippen molar-refractivity contribution in [3.05, 3.63) is 58.6 Å². The van der Waals surface area contributed by atoms with Crippen LogP contribution in [0.5, 0.6) is 0 Å². The van der Waals surface area contributed by atoms with Crippen LogP contribution in [0.1, 0.15) is 19.4 Å². The standard InChI is InChI=1S/C18H17N5OS/c1-3-12-7-5-6-8-14(12)22-10-9-15-13(16(22)24)11-19-17-20-18(25-4-2)21-23(15)17/h5-11H,3-4H2,1-2H3. The maximum atomic E-state index is 13.0. The first-order chi connectivity index (χ1) is 12.2. The average Bonchev–Trinajstić information content (AvgIpc) is 3.05. The molecule has 126 valence electrons. The molecule has 4 rings (SSSR count). The Kier molecular flexibility index (Phi) is 4.01. The first-order valence-electron chi connectivity index (χ1n) is 8.21. The molecular formula is C18H17N5OS. The number of hydrogen-bond donors (Lipinski definition) is 0. The first kappa shape index (κ1) is 15.8. The van der Waals surface area contributed by atoms with E-state index in [0.29, 0.717) is 16.3 Å². The molecular weight excluding hydrogens is 334 g/mol. The number of nitrogens with zero attached hydrogens (tertiary/aromatic N) is 5. The van der Waals surface area contributed by atoms with Gasteiger partial charge >= 0.3 is 0 Å². The molecule has 0 atom stereocenters. The van der Waals surface area contributed by atoms with Crippen molar-refractivity contribution in [3.8, 4) is 5.69 Å². The van der Waals surface area contributed by atoms with Gasteiger partial charge in [-0.3, -0.25) is 9.36 Å². The molecule has 0 saturated heterocycles. The van der Waals surface area contributed by atoms with Crippen molar-refractivity contribution in [1.29, 1.82) is 0 Å². The molecule has 0 fully saturated rings. The minimum absolute atomic E-state index is 0.104. The van der Waals surface area contributed by atoms with Crippen LogP contribution in [0.2, 0.25) is 0 Å². The van der Waals surface area contributed by atoms with E-state index in [4.69, 9.17) is 0 Å². The summed E-state index contributed by atoms with van der Waals surface area (Å²) in [7, 11) is 0. The Morgan fingerprint density at radius 3 is 2.80 bits per heavy atom. The Labute approximate surface area is 148 Å². The zero-order chi connectivity index (χ0) is 17.4. The van der Waals surface area contributed by atoms with Crippen LogP contribution in [0, 0.1) is 0 Å². The normalized spacial score (nSPS) is 11.4. The lowest BCUT2D eigenvalue weighted by molar-refractivity contribution is 0.901. The molecule has 0 spiro atoms. The number of para-hydroxylation sites is 1. The summed E-state index contributed by atoms with van der Waals surface area (Å²) in [5, 5.41) is 5.66. The lowest BCUT2D eigenvalue weighted by atomic mass is 10.1. The van der Waals surface area contributed by atoms with Gasteiger partial charge in [-0.15, -0.1) is 5.10 Å². The molecule has 1 aromatic carbocycles. The summed E-state index contributed by atoms with van der Waals surface area (Å²) >= 11 is 1.55. The maximum absolute atomic E-state index is 13.0. The molecule has 4 aromatic rings. The number of benzene rings is 1. The molecule has 6 nitrogen and oxygen atoms in total. The van der Waals surface area contributed by atoms with Gasteiger partial charge in [-0.25, -0.2) is 4.98 Å². The van der Waals surface area contributed by atoms with Crippen molar-refractivity contribution in [2.24, 2.45) is 0 Å². The number of aromatic nitrogens is 5. The van der Waals surface area contributed by atoms with E-state index in [-0.39, 0.29) is 5.56 Å². The second-order valence-electron chi connectivity index (χ2n) is 5.57. The van der Waals surface area contributed by atoms with Crippen molar-refractivity contribution >= 4 is 28.4 Å². The van der Waals surface area contributed by atoms with E-state index in [0.717, 1.165) is 28.9 Å². The SMILES string of the molecule is CCSc1nc2ncc3c(=O)n(-c4ccccc4CC)ccc3n2n1. The summed E-state index contributed by atoms with van der Waals surface area (Å²) in [5.74, 6) is 1.39. The van der Waals surface area contributed by atoms with Crippen molar-refractivity contribution < 1.29 is 0 Å². The first-order valence-corrected chi connectivity index (χ1v) is 9.19. The molecule has 0 N–H and O–H groups in total. The molecule has 0 aliphatic rings. The Morgan fingerprint density at radius 1 is 1.16 bits per heavy atom. The van der Waals surface area contributed by atoms with Gasteiger partial charge in [0.2, 0.25) is 5.16 Å². The van der Waals surface area contributed by atoms with Crippen LogP contribution < -0.4 is 5.56 Å². The summed E-state index contributed by atoms with van der Waals surface area (Å²) in [4.78, 5) is 21.7. The lowest BCUT2D eigenvalue weighted by Gasteiger charge is -2.11. The van der Waals surface area contributed by atoms with Gasteiger partial charge < -0.3 is 0 Å². The topological polar surface area (TPSA) is 65.1 Å². The molecule has 25 heavy (non-hydrogen) atoms. The van der Waals surface area contributed by atoms with Crippen LogP contribution in [-0.2, 0) is 6.42 Å². The summed E-state index contributed by atoms with van der Waals surface area (Å²) in [6, 6.07) is 9.83. The number of pyridine rings is 1. The predicted octanol–water partition coefficient (Wildman–Crippen LogP) is 3.10. The van der Waals surface area contributed by atoms with Gasteiger partial charge in [0.05, 0.1) is 16.6 Å². The average molecular weight is 351 g/mol. The molecule has 0 radical (unpaired) electrons. The minimum atomic E-state index is -0.104. The van der Waals surface area contributed by atoms with Crippen molar-refractivity contribution in [3.63, 3.8) is 0 Å². The van der Waals surface area contributed by atoms with Crippen LogP contribution in [0.4, 0.5) is 0 Å². The van der Waals surface area contributed by atoms with Crippen LogP contribution in [-0.4, -0.2) is 29.9 Å². The molecule has 0 aliphatic heterocycles. The van der Waals surface area contributed by atoms with E-state index < -0.39 is 0 Å². The fourth-order valence-electron chi connectivity index (χ4n) is 2.93. The molecule has 0 unspecified atom stereocenters. The summed E-state index contributed by atoms with van der Waals surface area (Å²) < 4.78 is 3.32. The van der Waals surface area contributed by atoms with Gasteiger partial charge in [-0.05, 0) is 29.9 Å². The maximum Gasteiger partial charge on any atom is 0.266 e. The van der Waals surface area contributed by atoms with Crippen molar-refractivity contribution in [1.82, 2.24) is 24.1 Å². The van der Waals surface area contributed by atoms with Crippen molar-refractivity contribution in [2.45, 2.75) is 25.4 Å². The number of rotatable bonds is 4. The van der Waals surface area contributed by atoms with Gasteiger partial charge in [0.15, 0.2) is 0 Å². The van der Waals surface area contributed by atoms with Crippen molar-refractivity contribution in [2.75, 3.05) is 5.75 Å². The van der Waals surface area contributed by atoms with Crippen LogP contribution in [0.3, 0.4) is 0 Å². The van der Waals surface area contributed by atoms with Gasteiger partial charge in [0, 0.05) is 12.4 Å². The van der Waals surface area contributed by atoms with Crippen LogP contribution in [0.15, 0.2) is 52.7 Å². The fraction of sp³-hybridized carbons (Fsp3) is 0.222. The quantitative estimate of drug-likeness (QED) is 0.529. The number of aryl methyl sites for hydroxylation is 1. The third kappa shape index (κ3) is 2.60. The fourth-order valence-corrected chi connectivity index (χ4v) is 3.47. The van der Waals surface area contributed by atoms with Gasteiger partial charge in [-0.1, -0.05) is 43.8 Å². The summed E-state index contributed by atoms with van der Waals surface area (Å²) in [6.07, 6.45) is 4.25. The Bertz CT molecular complexity index is 1130. The van der Waals surface area contributed by atoms with E-state index >= 15 is 0 Å². The number of fused-ring (bicyclic) bond motifs is 3. The van der Waals surface area contributed by atoms with E-state index in [1.54, 1.807) is 33.2 Å². The number of hydrogen-bond acceptors (Lipinski definition) is 5. The van der Waals surface area contributed by atoms with Crippen LogP contribution >= 0.6 is 11.8 Å². The third-order valence-electron chi connectivity index (χ3n) is 4.12. The smallest absolute Gasteiger partial charge is 0.266 e. The molecule has 3 aromatic heterocycles. The highest BCUT2D eigenvalue weighted by molar-refractivity contribution is 7.99. The van der Waals surface area contributed by atoms with Gasteiger partial charge in [0.25, 0.3) is 11.3 Å². The zero-order valence-electron chi connectivity index (χ0n) is 14.0. The molecule has 7 heteroatoms. The van der Waals surface area contributed by atoms with Gasteiger partial charge in [-0.2, -0.15) is 9.50 Å². The predicted molar refractivity (Wildman–Crippen MR) is 99.7 cm³/mol. The van der Waals surface area contributed by atoms with E-state index in [9.17, 15) is 4.79 Å². The summed E-state index contributed by atoms with van der Waals surface area (Å²) in [5.41, 5.74) is 2.64. The molecule has 0 aliphatic carbocycles. The Morgan fingerprint density at radius 2 is 2.00 bits per heavy atom. The third-order valence-corrected chi connectivity index (χ3v) is 4.84. The highest BCUT2D eigenvalue weighted by Gasteiger charge is 2.13. The van der Waals surface area contributed by atoms with Crippen LogP contribution in [0.25, 0.3) is 22.4 Å². The summed E-state index contributed by atoms with van der Waals surface area (Å²) in [6.45, 7) is 4.13. The van der Waals surface area contributed by atoms with E-state index in [1.165, 1.54) is 0 Å². The Balaban J connectivity index is 1.97. The van der Waals surface area contributed by atoms with E-state index in [2.05, 4.69) is 22.0 Å². The molecule has 3 heterocycles. The Hall–Kier alpha value is -2.67. The van der Waals surface area contributed by atoms with Gasteiger partial charge in [0.1, 0.15) is 0 Å². The van der Waals surface area contributed by atoms with E-state index in [1.807, 2.05) is 37.3 Å². The number of thioether (sulfide) groups is 1. The molecule has 0 saturated carbocycles. The molecule has 0 bridgehead atoms. The zero-order valence-corrected chi connectivity index (χ0v) is 14.8. The largest absolute Gasteiger partial charge is 0.283 e. The lowest BCUT2D eigenvalue weighted by Crippen LogP contribution is -2.20. The second kappa shape index (κ2) is 6.33. The monoisotopic (exact) mass is 351 g/mol. The molecule has 0 amide bonds. The highest BCUT2D eigenvalue weighted by Crippen LogP contribution is 2.18. The second-order valence-corrected chi connectivity index (χ2v) is 6.80. The highest BCUT2D eigenvalue weighted by atomic mass is 32.2.